The predicted molar refractivity (Wildman–Crippen MR) is 94.3 cm³/mol. The summed E-state index contributed by atoms with van der Waals surface area (Å²) >= 11 is 0. The van der Waals surface area contributed by atoms with E-state index in [-0.39, 0.29) is 0 Å². The van der Waals surface area contributed by atoms with Crippen molar-refractivity contribution in [1.29, 1.82) is 0 Å². The first-order chi connectivity index (χ1) is 12.8. The maximum absolute atomic E-state index is 13.7. The lowest BCUT2D eigenvalue weighted by molar-refractivity contribution is -0.137. The third-order valence-corrected chi connectivity index (χ3v) is 4.12. The van der Waals surface area contributed by atoms with Crippen LogP contribution in [0.2, 0.25) is 0 Å². The number of aryl methyl sites for hydroxylation is 1. The Balaban J connectivity index is 1.73. The highest BCUT2D eigenvalue weighted by Crippen LogP contribution is 2.31. The molecule has 0 atom stereocenters. The normalized spacial score (nSPS) is 14.4. The Morgan fingerprint density at radius 3 is 2.48 bits per heavy atom. The first kappa shape index (κ1) is 17.1. The largest absolute Gasteiger partial charge is 0.416 e. The summed E-state index contributed by atoms with van der Waals surface area (Å²) in [6, 6.07) is 8.97. The molecular formula is C18H13F4N5. The molecule has 0 aliphatic carbocycles. The molecule has 0 radical (unpaired) electrons. The Morgan fingerprint density at radius 1 is 1.04 bits per heavy atom. The van der Waals surface area contributed by atoms with Crippen LogP contribution in [0.15, 0.2) is 53.7 Å². The lowest BCUT2D eigenvalue weighted by atomic mass is 10.2. The third kappa shape index (κ3) is 3.12. The molecule has 1 aromatic heterocycles. The van der Waals surface area contributed by atoms with Crippen molar-refractivity contribution in [2.24, 2.45) is 4.99 Å². The zero-order chi connectivity index (χ0) is 19.2. The van der Waals surface area contributed by atoms with Gasteiger partial charge in [0.25, 0.3) is 0 Å². The number of imidazole rings is 1. The van der Waals surface area contributed by atoms with E-state index in [0.717, 1.165) is 12.1 Å². The highest BCUT2D eigenvalue weighted by atomic mass is 19.4. The highest BCUT2D eigenvalue weighted by Gasteiger charge is 2.30. The molecule has 1 N–H and O–H groups in total. The number of nitrogens with zero attached hydrogens (tertiary/aromatic N) is 4. The van der Waals surface area contributed by atoms with Gasteiger partial charge < -0.3 is 0 Å². The highest BCUT2D eigenvalue weighted by molar-refractivity contribution is 5.83. The van der Waals surface area contributed by atoms with Gasteiger partial charge in [-0.1, -0.05) is 0 Å². The molecule has 1 aliphatic rings. The van der Waals surface area contributed by atoms with Crippen LogP contribution in [-0.2, 0) is 6.18 Å². The lowest BCUT2D eigenvalue weighted by Gasteiger charge is -2.24. The minimum atomic E-state index is -4.40. The minimum Gasteiger partial charge on any atom is -0.283 e. The Hall–Kier alpha value is -3.36. The number of anilines is 1. The summed E-state index contributed by atoms with van der Waals surface area (Å²) in [7, 11) is 0. The van der Waals surface area contributed by atoms with E-state index in [1.165, 1.54) is 35.6 Å². The predicted octanol–water partition coefficient (Wildman–Crippen LogP) is 4.31. The Morgan fingerprint density at radius 2 is 1.78 bits per heavy atom. The molecule has 0 fully saturated rings. The van der Waals surface area contributed by atoms with Gasteiger partial charge in [0.15, 0.2) is 5.82 Å². The molecule has 0 amide bonds. The van der Waals surface area contributed by atoms with Gasteiger partial charge in [0.1, 0.15) is 18.0 Å². The van der Waals surface area contributed by atoms with Gasteiger partial charge in [0.2, 0.25) is 0 Å². The van der Waals surface area contributed by atoms with Gasteiger partial charge in [-0.3, -0.25) is 15.0 Å². The average Bonchev–Trinajstić information content (AvgIpc) is 2.96. The van der Waals surface area contributed by atoms with E-state index in [0.29, 0.717) is 28.4 Å². The van der Waals surface area contributed by atoms with Crippen molar-refractivity contribution in [2.75, 3.05) is 5.01 Å². The molecule has 2 aromatic carbocycles. The van der Waals surface area contributed by atoms with Crippen LogP contribution in [0, 0.1) is 12.7 Å². The number of benzene rings is 2. The summed E-state index contributed by atoms with van der Waals surface area (Å²) in [6.07, 6.45) is -1.40. The number of halogens is 4. The second kappa shape index (κ2) is 6.11. The number of alkyl halides is 3. The summed E-state index contributed by atoms with van der Waals surface area (Å²) in [5.41, 5.74) is 3.76. The van der Waals surface area contributed by atoms with E-state index < -0.39 is 17.6 Å². The Labute approximate surface area is 151 Å². The first-order valence-corrected chi connectivity index (χ1v) is 7.95. The maximum Gasteiger partial charge on any atom is 0.416 e. The average molecular weight is 375 g/mol. The van der Waals surface area contributed by atoms with Crippen LogP contribution >= 0.6 is 0 Å². The minimum absolute atomic E-state index is 0.401. The van der Waals surface area contributed by atoms with E-state index in [2.05, 4.69) is 15.4 Å². The molecule has 4 rings (SSSR count). The van der Waals surface area contributed by atoms with Crippen LogP contribution < -0.4 is 10.4 Å². The van der Waals surface area contributed by atoms with Crippen LogP contribution in [0.5, 0.6) is 0 Å². The van der Waals surface area contributed by atoms with Crippen molar-refractivity contribution in [1.82, 2.24) is 15.0 Å². The molecule has 0 saturated heterocycles. The Bertz CT molecular complexity index is 1060. The zero-order valence-electron chi connectivity index (χ0n) is 14.0. The van der Waals surface area contributed by atoms with Crippen LogP contribution in [0.1, 0.15) is 11.4 Å². The molecular weight excluding hydrogens is 362 g/mol. The smallest absolute Gasteiger partial charge is 0.283 e. The number of rotatable bonds is 2. The van der Waals surface area contributed by atoms with Gasteiger partial charge in [-0.05, 0) is 43.3 Å². The van der Waals surface area contributed by atoms with Gasteiger partial charge in [0.05, 0.1) is 28.5 Å². The van der Waals surface area contributed by atoms with Gasteiger partial charge in [0, 0.05) is 6.07 Å². The van der Waals surface area contributed by atoms with Crippen molar-refractivity contribution < 1.29 is 17.6 Å². The number of hydrazine groups is 1. The van der Waals surface area contributed by atoms with Gasteiger partial charge in [-0.2, -0.15) is 13.2 Å². The molecule has 3 aromatic rings. The number of aromatic nitrogens is 2. The Kier molecular flexibility index (Phi) is 3.87. The van der Waals surface area contributed by atoms with Gasteiger partial charge in [-0.15, -0.1) is 0 Å². The van der Waals surface area contributed by atoms with Crippen molar-refractivity contribution >= 4 is 28.9 Å². The number of hydrogen-bond acceptors (Lipinski definition) is 4. The third-order valence-electron chi connectivity index (χ3n) is 4.12. The molecule has 138 valence electrons. The van der Waals surface area contributed by atoms with E-state index in [4.69, 9.17) is 0 Å². The molecule has 0 unspecified atom stereocenters. The standard InChI is InChI=1S/C18H13F4N5/c1-11-25-15-7-4-13(19)8-16(15)27(11)17-9-26(24-10-23-17)14-5-2-12(3-6-14)18(20,21)22/h2-10H,1H3,(H,23,24). The van der Waals surface area contributed by atoms with Crippen molar-refractivity contribution in [3.63, 3.8) is 0 Å². The fourth-order valence-corrected chi connectivity index (χ4v) is 2.88. The van der Waals surface area contributed by atoms with E-state index in [9.17, 15) is 17.6 Å². The van der Waals surface area contributed by atoms with Gasteiger partial charge >= 0.3 is 6.18 Å². The van der Waals surface area contributed by atoms with E-state index in [1.807, 2.05) is 0 Å². The van der Waals surface area contributed by atoms with Crippen LogP contribution in [0.3, 0.4) is 0 Å². The summed E-state index contributed by atoms with van der Waals surface area (Å²) in [5.74, 6) is 0.647. The molecule has 1 aliphatic heterocycles. The summed E-state index contributed by atoms with van der Waals surface area (Å²) in [4.78, 5) is 8.63. The number of aliphatic imine (C=N–C) groups is 1. The van der Waals surface area contributed by atoms with E-state index in [1.54, 1.807) is 23.8 Å². The fraction of sp³-hybridized carbons (Fsp3) is 0.111. The van der Waals surface area contributed by atoms with Crippen molar-refractivity contribution in [3.05, 3.63) is 65.9 Å². The molecule has 9 heteroatoms. The number of fused-ring (bicyclic) bond motifs is 1. The second-order valence-electron chi connectivity index (χ2n) is 5.92. The number of nitrogens with one attached hydrogen (secondary N) is 1. The zero-order valence-corrected chi connectivity index (χ0v) is 14.0. The molecule has 0 saturated carbocycles. The van der Waals surface area contributed by atoms with Crippen LogP contribution in [0.4, 0.5) is 23.2 Å². The van der Waals surface area contributed by atoms with Crippen molar-refractivity contribution in [2.45, 2.75) is 13.1 Å². The summed E-state index contributed by atoms with van der Waals surface area (Å²) < 4.78 is 53.5. The number of hydrogen-bond donors (Lipinski definition) is 1. The SMILES string of the molecule is Cc1nc2ccc(F)cc2n1C1=CN(c2ccc(C(F)(F)F)cc2)NC=N1. The fourth-order valence-electron chi connectivity index (χ4n) is 2.88. The quantitative estimate of drug-likeness (QED) is 0.679. The monoisotopic (exact) mass is 375 g/mol. The molecule has 5 nitrogen and oxygen atoms in total. The van der Waals surface area contributed by atoms with Crippen LogP contribution in [0.25, 0.3) is 16.9 Å². The molecule has 2 heterocycles. The lowest BCUT2D eigenvalue weighted by Crippen LogP contribution is -2.35. The first-order valence-electron chi connectivity index (χ1n) is 7.95. The summed E-state index contributed by atoms with van der Waals surface area (Å²) in [5, 5.41) is 1.52. The van der Waals surface area contributed by atoms with E-state index >= 15 is 0 Å². The second-order valence-corrected chi connectivity index (χ2v) is 5.92. The molecule has 0 spiro atoms. The molecule has 27 heavy (non-hydrogen) atoms. The summed E-state index contributed by atoms with van der Waals surface area (Å²) in [6.45, 7) is 1.76. The molecule has 0 bridgehead atoms. The maximum atomic E-state index is 13.7. The topological polar surface area (TPSA) is 45.5 Å². The van der Waals surface area contributed by atoms with Gasteiger partial charge in [-0.25, -0.2) is 14.4 Å². The van der Waals surface area contributed by atoms with Crippen LogP contribution in [-0.4, -0.2) is 15.9 Å². The van der Waals surface area contributed by atoms with Crippen molar-refractivity contribution in [3.8, 4) is 0 Å².